The molecule has 1 aliphatic heterocycles. The van der Waals surface area contributed by atoms with E-state index in [1.54, 1.807) is 12.1 Å². The molecule has 0 N–H and O–H groups in total. The largest absolute Gasteiger partial charge is 0.481 e. The van der Waals surface area contributed by atoms with E-state index in [9.17, 15) is 13.8 Å². The standard InChI is InChI=1S/C45H69FNO8PSi/c1-30(2)47-39-22-20-35(51-29-56(49,54-31(3)4)55-32(5)6)27-38(39)42(33-16-18-34(46)19-17-33)40(47)23-21-36-26-37(28-41(48)50-24-25-57(13,14)15)53-45(52-36,43(7,8)9)44(10,11)12/h16-23,27,30-32,36-37H,24-26,28-29H2,1-15H3/b23-21+/t36-,37-/m1/s1. The van der Waals surface area contributed by atoms with Crippen LogP contribution in [0.3, 0.4) is 0 Å². The average Bonchev–Trinajstić information content (AvgIpc) is 3.38. The molecule has 1 saturated heterocycles. The fraction of sp³-hybridized carbons (Fsp3) is 0.622. The molecule has 2 aromatic carbocycles. The second kappa shape index (κ2) is 18.2. The van der Waals surface area contributed by atoms with E-state index < -0.39 is 44.5 Å². The Morgan fingerprint density at radius 1 is 0.947 bits per heavy atom. The Morgan fingerprint density at radius 3 is 2.07 bits per heavy atom. The quantitative estimate of drug-likeness (QED) is 0.0800. The minimum atomic E-state index is -3.57. The van der Waals surface area contributed by atoms with Gasteiger partial charge in [0.1, 0.15) is 11.6 Å². The third-order valence-corrected chi connectivity index (χ3v) is 13.5. The van der Waals surface area contributed by atoms with E-state index in [0.717, 1.165) is 33.8 Å². The molecule has 0 amide bonds. The number of esters is 1. The maximum atomic E-state index is 14.4. The van der Waals surface area contributed by atoms with Crippen LogP contribution < -0.4 is 4.74 Å². The molecule has 0 saturated carbocycles. The van der Waals surface area contributed by atoms with Gasteiger partial charge >= 0.3 is 13.6 Å². The zero-order chi connectivity index (χ0) is 42.7. The number of hydrogen-bond acceptors (Lipinski definition) is 8. The van der Waals surface area contributed by atoms with E-state index in [4.69, 9.17) is 28.0 Å². The van der Waals surface area contributed by atoms with E-state index in [1.165, 1.54) is 12.1 Å². The van der Waals surface area contributed by atoms with Crippen LogP contribution in [0, 0.1) is 16.6 Å². The lowest BCUT2D eigenvalue weighted by Gasteiger charge is -2.57. The van der Waals surface area contributed by atoms with Gasteiger partial charge in [-0.2, -0.15) is 0 Å². The van der Waals surface area contributed by atoms with Crippen molar-refractivity contribution in [3.63, 3.8) is 0 Å². The number of carbonyl (C=O) groups is 1. The zero-order valence-corrected chi connectivity index (χ0v) is 39.1. The number of hydrogen-bond donors (Lipinski definition) is 0. The van der Waals surface area contributed by atoms with Crippen molar-refractivity contribution in [3.05, 3.63) is 60.1 Å². The van der Waals surface area contributed by atoms with Gasteiger partial charge in [-0.25, -0.2) is 4.39 Å². The molecular weight excluding hydrogens is 761 g/mol. The fourth-order valence-electron chi connectivity index (χ4n) is 7.75. The summed E-state index contributed by atoms with van der Waals surface area (Å²) in [5.74, 6) is -1.14. The number of ether oxygens (including phenoxy) is 4. The summed E-state index contributed by atoms with van der Waals surface area (Å²) in [5.41, 5.74) is 2.64. The number of nitrogens with zero attached hydrogens (tertiary/aromatic N) is 1. The highest BCUT2D eigenvalue weighted by Gasteiger charge is 2.57. The molecular formula is C45H69FNO8PSi. The van der Waals surface area contributed by atoms with Gasteiger partial charge in [0.2, 0.25) is 0 Å². The van der Waals surface area contributed by atoms with Crippen LogP contribution in [0.25, 0.3) is 28.1 Å². The number of benzene rings is 2. The first-order chi connectivity index (χ1) is 26.2. The SMILES string of the molecule is CC(C)OP(=O)(COc1ccc2c(c1)c(-c1ccc(F)cc1)c(/C=C/[C@@H]1C[C@H](CC(=O)OCC[Si](C)(C)C)OC(C(C)(C)C)(C(C)(C)C)O1)n2C(C)C)OC(C)C. The molecule has 0 spiro atoms. The summed E-state index contributed by atoms with van der Waals surface area (Å²) in [6, 6.07) is 13.2. The van der Waals surface area contributed by atoms with Gasteiger partial charge in [0.25, 0.3) is 0 Å². The summed E-state index contributed by atoms with van der Waals surface area (Å²) in [4.78, 5) is 13.2. The lowest BCUT2D eigenvalue weighted by atomic mass is 9.69. The topological polar surface area (TPSA) is 94.5 Å². The third-order valence-electron chi connectivity index (χ3n) is 9.89. The van der Waals surface area contributed by atoms with Crippen LogP contribution in [0.1, 0.15) is 108 Å². The molecule has 2 atom stereocenters. The van der Waals surface area contributed by atoms with Gasteiger partial charge in [-0.1, -0.05) is 79.4 Å². The number of rotatable bonds is 16. The number of fused-ring (bicyclic) bond motifs is 1. The van der Waals surface area contributed by atoms with Gasteiger partial charge in [0.05, 0.1) is 37.4 Å². The van der Waals surface area contributed by atoms with Gasteiger partial charge in [-0.05, 0) is 89.6 Å². The Hall–Kier alpha value is -2.79. The highest BCUT2D eigenvalue weighted by atomic mass is 31.2. The number of halogens is 1. The first-order valence-electron chi connectivity index (χ1n) is 20.5. The van der Waals surface area contributed by atoms with Crippen molar-refractivity contribution in [2.75, 3.05) is 13.0 Å². The lowest BCUT2D eigenvalue weighted by Crippen LogP contribution is -2.63. The van der Waals surface area contributed by atoms with E-state index in [0.29, 0.717) is 18.8 Å². The Kier molecular flexibility index (Phi) is 15.0. The van der Waals surface area contributed by atoms with E-state index in [2.05, 4.69) is 91.8 Å². The van der Waals surface area contributed by atoms with E-state index >= 15 is 0 Å². The van der Waals surface area contributed by atoms with E-state index in [-0.39, 0.29) is 42.8 Å². The molecule has 9 nitrogen and oxygen atoms in total. The van der Waals surface area contributed by atoms with Crippen LogP contribution >= 0.6 is 7.60 Å². The molecule has 0 aliphatic carbocycles. The smallest absolute Gasteiger partial charge is 0.368 e. The molecule has 1 aromatic heterocycles. The minimum Gasteiger partial charge on any atom is -0.481 e. The third kappa shape index (κ3) is 11.9. The molecule has 0 bridgehead atoms. The fourth-order valence-corrected chi connectivity index (χ4v) is 10.2. The lowest BCUT2D eigenvalue weighted by molar-refractivity contribution is -0.389. The van der Waals surface area contributed by atoms with Crippen molar-refractivity contribution >= 4 is 38.6 Å². The summed E-state index contributed by atoms with van der Waals surface area (Å²) in [5, 5.41) is 0.877. The number of aromatic nitrogens is 1. The summed E-state index contributed by atoms with van der Waals surface area (Å²) in [6.45, 7) is 31.4. The molecule has 0 unspecified atom stereocenters. The van der Waals surface area contributed by atoms with Crippen molar-refractivity contribution in [2.45, 2.75) is 158 Å². The summed E-state index contributed by atoms with van der Waals surface area (Å²) < 4.78 is 67.6. The van der Waals surface area contributed by atoms with Crippen molar-refractivity contribution in [1.82, 2.24) is 4.57 Å². The Balaban J connectivity index is 1.82. The molecule has 1 aliphatic rings. The molecule has 2 heterocycles. The zero-order valence-electron chi connectivity index (χ0n) is 37.2. The van der Waals surface area contributed by atoms with Gasteiger partial charge < -0.3 is 32.6 Å². The summed E-state index contributed by atoms with van der Waals surface area (Å²) in [6.07, 6.45) is 2.99. The van der Waals surface area contributed by atoms with Crippen molar-refractivity contribution in [2.24, 2.45) is 10.8 Å². The predicted octanol–water partition coefficient (Wildman–Crippen LogP) is 12.7. The van der Waals surface area contributed by atoms with Crippen LogP contribution in [-0.2, 0) is 32.6 Å². The van der Waals surface area contributed by atoms with E-state index in [1.807, 2.05) is 45.9 Å². The van der Waals surface area contributed by atoms with Gasteiger partial charge in [0, 0.05) is 53.5 Å². The average molecular weight is 830 g/mol. The second-order valence-corrected chi connectivity index (χ2v) is 27.0. The minimum absolute atomic E-state index is 0.0322. The Morgan fingerprint density at radius 2 is 1.54 bits per heavy atom. The van der Waals surface area contributed by atoms with Crippen molar-refractivity contribution < 1.29 is 41.7 Å². The molecule has 4 rings (SSSR count). The maximum Gasteiger partial charge on any atom is 0.368 e. The molecule has 1 fully saturated rings. The van der Waals surface area contributed by atoms with Crippen LogP contribution in [0.15, 0.2) is 48.5 Å². The second-order valence-electron chi connectivity index (χ2n) is 19.4. The molecule has 318 valence electrons. The monoisotopic (exact) mass is 829 g/mol. The van der Waals surface area contributed by atoms with Crippen LogP contribution in [0.4, 0.5) is 4.39 Å². The van der Waals surface area contributed by atoms with Gasteiger partial charge in [0.15, 0.2) is 12.1 Å². The molecule has 12 heteroatoms. The van der Waals surface area contributed by atoms with Crippen molar-refractivity contribution in [1.29, 1.82) is 0 Å². The molecule has 57 heavy (non-hydrogen) atoms. The van der Waals surface area contributed by atoms with Gasteiger partial charge in [-0.3, -0.25) is 9.36 Å². The summed E-state index contributed by atoms with van der Waals surface area (Å²) in [7, 11) is -4.95. The van der Waals surface area contributed by atoms with Crippen LogP contribution in [-0.4, -0.2) is 61.8 Å². The van der Waals surface area contributed by atoms with Crippen LogP contribution in [0.2, 0.25) is 25.7 Å². The Bertz CT molecular complexity index is 1870. The van der Waals surface area contributed by atoms with Crippen molar-refractivity contribution in [3.8, 4) is 16.9 Å². The highest BCUT2D eigenvalue weighted by molar-refractivity contribution is 7.53. The molecule has 0 radical (unpaired) electrons. The van der Waals surface area contributed by atoms with Crippen LogP contribution in [0.5, 0.6) is 5.75 Å². The number of carbonyl (C=O) groups excluding carboxylic acids is 1. The highest BCUT2D eigenvalue weighted by Crippen LogP contribution is 2.53. The predicted molar refractivity (Wildman–Crippen MR) is 232 cm³/mol. The first kappa shape index (κ1) is 46.9. The maximum absolute atomic E-state index is 14.4. The normalized spacial score (nSPS) is 18.4. The van der Waals surface area contributed by atoms with Gasteiger partial charge in [-0.15, -0.1) is 0 Å². The molecule has 3 aromatic rings. The summed E-state index contributed by atoms with van der Waals surface area (Å²) >= 11 is 0. The Labute approximate surface area is 342 Å². The first-order valence-corrected chi connectivity index (χ1v) is 25.9.